The van der Waals surface area contributed by atoms with E-state index in [2.05, 4.69) is 4.90 Å². The Hall–Kier alpha value is -1.86. The van der Waals surface area contributed by atoms with Gasteiger partial charge in [-0.15, -0.1) is 24.8 Å². The van der Waals surface area contributed by atoms with Crippen LogP contribution in [-0.4, -0.2) is 49.0 Å². The molecule has 30 heavy (non-hydrogen) atoms. The maximum atomic E-state index is 13.9. The van der Waals surface area contributed by atoms with Gasteiger partial charge in [0.15, 0.2) is 11.6 Å². The van der Waals surface area contributed by atoms with Crippen molar-refractivity contribution in [1.29, 1.82) is 0 Å². The zero-order valence-corrected chi connectivity index (χ0v) is 18.9. The van der Waals surface area contributed by atoms with Crippen molar-refractivity contribution in [3.8, 4) is 5.75 Å². The minimum atomic E-state index is -0.350. The summed E-state index contributed by atoms with van der Waals surface area (Å²) in [6, 6.07) is 14.5. The van der Waals surface area contributed by atoms with Crippen molar-refractivity contribution in [2.24, 2.45) is 11.7 Å². The summed E-state index contributed by atoms with van der Waals surface area (Å²) in [5.74, 6) is -0.281. The highest BCUT2D eigenvalue weighted by Gasteiger charge is 2.29. The van der Waals surface area contributed by atoms with Gasteiger partial charge in [0.1, 0.15) is 0 Å². The summed E-state index contributed by atoms with van der Waals surface area (Å²) in [5.41, 5.74) is 8.19. The second-order valence-corrected chi connectivity index (χ2v) is 7.30. The summed E-state index contributed by atoms with van der Waals surface area (Å²) >= 11 is 0. The fraction of sp³-hybridized carbons (Fsp3) is 0.409. The summed E-state index contributed by atoms with van der Waals surface area (Å²) in [6.45, 7) is 5.38. The first-order valence-corrected chi connectivity index (χ1v) is 9.63. The molecule has 0 radical (unpaired) electrons. The van der Waals surface area contributed by atoms with Crippen molar-refractivity contribution in [2.75, 3.05) is 33.3 Å². The van der Waals surface area contributed by atoms with Crippen LogP contribution in [0.25, 0.3) is 0 Å². The number of carbonyl (C=O) groups excluding carboxylic acids is 1. The van der Waals surface area contributed by atoms with E-state index in [1.807, 2.05) is 48.2 Å². The molecular weight excluding hydrogens is 428 g/mol. The first-order valence-electron chi connectivity index (χ1n) is 9.63. The lowest BCUT2D eigenvalue weighted by Crippen LogP contribution is -2.50. The average Bonchev–Trinajstić information content (AvgIpc) is 2.73. The first kappa shape index (κ1) is 26.2. The van der Waals surface area contributed by atoms with Crippen LogP contribution in [0.2, 0.25) is 0 Å². The Morgan fingerprint density at radius 1 is 1.10 bits per heavy atom. The fourth-order valence-corrected chi connectivity index (χ4v) is 3.60. The molecule has 1 aliphatic rings. The number of carbonyl (C=O) groups is 1. The molecule has 0 bridgehead atoms. The van der Waals surface area contributed by atoms with Crippen LogP contribution in [0.3, 0.4) is 0 Å². The third kappa shape index (κ3) is 6.32. The summed E-state index contributed by atoms with van der Waals surface area (Å²) < 4.78 is 18.8. The molecule has 5 nitrogen and oxygen atoms in total. The number of nitrogens with two attached hydrogens (primary N) is 1. The predicted molar refractivity (Wildman–Crippen MR) is 122 cm³/mol. The van der Waals surface area contributed by atoms with E-state index in [-0.39, 0.29) is 54.2 Å². The van der Waals surface area contributed by atoms with E-state index in [4.69, 9.17) is 10.5 Å². The summed E-state index contributed by atoms with van der Waals surface area (Å²) in [5, 5.41) is 0. The molecule has 1 heterocycles. The lowest BCUT2D eigenvalue weighted by atomic mass is 9.94. The summed E-state index contributed by atoms with van der Waals surface area (Å²) in [4.78, 5) is 17.0. The molecule has 2 aromatic rings. The number of hydrogen-bond donors (Lipinski definition) is 1. The molecule has 166 valence electrons. The quantitative estimate of drug-likeness (QED) is 0.718. The number of ether oxygens (including phenoxy) is 1. The second-order valence-electron chi connectivity index (χ2n) is 7.30. The number of benzene rings is 2. The minimum absolute atomic E-state index is 0. The largest absolute Gasteiger partial charge is 0.494 e. The summed E-state index contributed by atoms with van der Waals surface area (Å²) in [7, 11) is 1.46. The Balaban J connectivity index is 0.00000225. The molecule has 2 aromatic carbocycles. The average molecular weight is 458 g/mol. The van der Waals surface area contributed by atoms with Crippen molar-refractivity contribution < 1.29 is 13.9 Å². The van der Waals surface area contributed by atoms with Crippen LogP contribution in [0.4, 0.5) is 4.39 Å². The van der Waals surface area contributed by atoms with Gasteiger partial charge in [-0.05, 0) is 23.3 Å². The number of halogens is 3. The lowest BCUT2D eigenvalue weighted by molar-refractivity contribution is -0.137. The van der Waals surface area contributed by atoms with E-state index in [1.165, 1.54) is 13.2 Å². The van der Waals surface area contributed by atoms with Crippen LogP contribution in [0.1, 0.15) is 24.1 Å². The van der Waals surface area contributed by atoms with Gasteiger partial charge in [0.2, 0.25) is 5.91 Å². The highest BCUT2D eigenvalue weighted by molar-refractivity contribution is 5.85. The monoisotopic (exact) mass is 457 g/mol. The molecule has 0 aliphatic carbocycles. The van der Waals surface area contributed by atoms with Crippen LogP contribution in [0.5, 0.6) is 5.75 Å². The van der Waals surface area contributed by atoms with Crippen LogP contribution in [0.15, 0.2) is 48.5 Å². The molecule has 1 amide bonds. The third-order valence-electron chi connectivity index (χ3n) is 5.42. The Labute approximate surface area is 190 Å². The molecule has 0 saturated carbocycles. The van der Waals surface area contributed by atoms with E-state index in [0.29, 0.717) is 19.6 Å². The molecule has 2 unspecified atom stereocenters. The molecule has 8 heteroatoms. The Morgan fingerprint density at radius 2 is 1.73 bits per heavy atom. The maximum absolute atomic E-state index is 13.9. The van der Waals surface area contributed by atoms with Crippen molar-refractivity contribution >= 4 is 30.7 Å². The standard InChI is InChI=1S/C22H28FN3O2.2ClH/c1-16(21(24)18-6-4-3-5-7-18)22(27)26-12-10-25(11-13-26)15-17-8-9-20(28-2)19(23)14-17;;/h3-9,14,16,21H,10-13,15,24H2,1-2H3;2*1H. The molecule has 2 N–H and O–H groups in total. The van der Waals surface area contributed by atoms with Gasteiger partial charge in [0, 0.05) is 38.8 Å². The first-order chi connectivity index (χ1) is 13.5. The van der Waals surface area contributed by atoms with E-state index in [9.17, 15) is 9.18 Å². The van der Waals surface area contributed by atoms with Gasteiger partial charge >= 0.3 is 0 Å². The highest BCUT2D eigenvalue weighted by Crippen LogP contribution is 2.23. The molecule has 0 spiro atoms. The Morgan fingerprint density at radius 3 is 2.30 bits per heavy atom. The minimum Gasteiger partial charge on any atom is -0.494 e. The molecular formula is C22H30Cl2FN3O2. The van der Waals surface area contributed by atoms with Gasteiger partial charge in [0.25, 0.3) is 0 Å². The van der Waals surface area contributed by atoms with E-state index in [1.54, 1.807) is 6.07 Å². The number of hydrogen-bond acceptors (Lipinski definition) is 4. The maximum Gasteiger partial charge on any atom is 0.227 e. The van der Waals surface area contributed by atoms with Gasteiger partial charge in [-0.25, -0.2) is 4.39 Å². The van der Waals surface area contributed by atoms with E-state index in [0.717, 1.165) is 24.2 Å². The SMILES string of the molecule is COc1ccc(CN2CCN(C(=O)C(C)C(N)c3ccccc3)CC2)cc1F.Cl.Cl. The van der Waals surface area contributed by atoms with Crippen molar-refractivity contribution in [3.05, 3.63) is 65.5 Å². The number of piperazine rings is 1. The molecule has 1 saturated heterocycles. The Kier molecular flexibility index (Phi) is 10.6. The molecule has 1 fully saturated rings. The zero-order chi connectivity index (χ0) is 20.1. The van der Waals surface area contributed by atoms with Gasteiger partial charge in [-0.3, -0.25) is 9.69 Å². The van der Waals surface area contributed by atoms with Gasteiger partial charge < -0.3 is 15.4 Å². The smallest absolute Gasteiger partial charge is 0.227 e. The predicted octanol–water partition coefficient (Wildman–Crippen LogP) is 3.66. The molecule has 0 aromatic heterocycles. The van der Waals surface area contributed by atoms with Crippen LogP contribution in [0, 0.1) is 11.7 Å². The fourth-order valence-electron chi connectivity index (χ4n) is 3.60. The van der Waals surface area contributed by atoms with E-state index >= 15 is 0 Å². The van der Waals surface area contributed by atoms with Gasteiger partial charge in [-0.1, -0.05) is 43.3 Å². The molecule has 2 atom stereocenters. The van der Waals surface area contributed by atoms with Crippen LogP contribution >= 0.6 is 24.8 Å². The molecule has 1 aliphatic heterocycles. The Bertz CT molecular complexity index is 802. The number of methoxy groups -OCH3 is 1. The number of rotatable bonds is 6. The lowest BCUT2D eigenvalue weighted by Gasteiger charge is -2.37. The van der Waals surface area contributed by atoms with Gasteiger partial charge in [0.05, 0.1) is 13.0 Å². The van der Waals surface area contributed by atoms with Crippen LogP contribution < -0.4 is 10.5 Å². The van der Waals surface area contributed by atoms with E-state index < -0.39 is 0 Å². The number of nitrogens with zero attached hydrogens (tertiary/aromatic N) is 2. The summed E-state index contributed by atoms with van der Waals surface area (Å²) in [6.07, 6.45) is 0. The highest BCUT2D eigenvalue weighted by atomic mass is 35.5. The third-order valence-corrected chi connectivity index (χ3v) is 5.42. The normalized spacial score (nSPS) is 16.1. The van der Waals surface area contributed by atoms with Gasteiger partial charge in [-0.2, -0.15) is 0 Å². The van der Waals surface area contributed by atoms with Crippen molar-refractivity contribution in [2.45, 2.75) is 19.5 Å². The zero-order valence-electron chi connectivity index (χ0n) is 17.3. The molecule has 3 rings (SSSR count). The number of amides is 1. The second kappa shape index (κ2) is 12.1. The van der Waals surface area contributed by atoms with Crippen LogP contribution in [-0.2, 0) is 11.3 Å². The van der Waals surface area contributed by atoms with Crippen molar-refractivity contribution in [1.82, 2.24) is 9.80 Å². The topological polar surface area (TPSA) is 58.8 Å². The van der Waals surface area contributed by atoms with Crippen molar-refractivity contribution in [3.63, 3.8) is 0 Å².